The maximum Gasteiger partial charge on any atom is 0.332 e. The van der Waals surface area contributed by atoms with E-state index in [1.54, 1.807) is 30.3 Å². The summed E-state index contributed by atoms with van der Waals surface area (Å²) in [5.74, 6) is -0.973. The highest BCUT2D eigenvalue weighted by Crippen LogP contribution is 2.24. The summed E-state index contributed by atoms with van der Waals surface area (Å²) in [5.41, 5.74) is 5.37. The number of hydrogen-bond donors (Lipinski definition) is 2. The second-order valence-electron chi connectivity index (χ2n) is 5.91. The highest BCUT2D eigenvalue weighted by molar-refractivity contribution is 6.02. The second-order valence-corrected chi connectivity index (χ2v) is 5.91. The number of aromatic amines is 1. The quantitative estimate of drug-likeness (QED) is 0.563. The number of carbonyl (C=O) groups excluding carboxylic acids is 1. The van der Waals surface area contributed by atoms with Gasteiger partial charge >= 0.3 is 5.69 Å². The van der Waals surface area contributed by atoms with Gasteiger partial charge in [-0.1, -0.05) is 18.2 Å². The first-order chi connectivity index (χ1) is 13.5. The number of aromatic nitrogens is 4. The molecule has 0 aliphatic rings. The third-order valence-corrected chi connectivity index (χ3v) is 4.20. The van der Waals surface area contributed by atoms with E-state index in [-0.39, 0.29) is 28.2 Å². The number of fused-ring (bicyclic) bond motifs is 1. The Kier molecular flexibility index (Phi) is 4.11. The molecule has 0 spiro atoms. The Labute approximate surface area is 157 Å². The maximum atomic E-state index is 14.2. The lowest BCUT2D eigenvalue weighted by molar-refractivity contribution is 0.0997. The van der Waals surface area contributed by atoms with Gasteiger partial charge in [0.1, 0.15) is 17.1 Å². The molecule has 8 nitrogen and oxygen atoms in total. The Morgan fingerprint density at radius 2 is 1.96 bits per heavy atom. The lowest BCUT2D eigenvalue weighted by atomic mass is 10.2. The molecule has 0 saturated heterocycles. The number of rotatable bonds is 4. The van der Waals surface area contributed by atoms with Crippen LogP contribution in [0.1, 0.15) is 10.5 Å². The molecule has 2 heterocycles. The van der Waals surface area contributed by atoms with Gasteiger partial charge in [-0.25, -0.2) is 23.7 Å². The van der Waals surface area contributed by atoms with Gasteiger partial charge in [-0.15, -0.1) is 0 Å². The van der Waals surface area contributed by atoms with E-state index in [9.17, 15) is 14.0 Å². The van der Waals surface area contributed by atoms with Crippen LogP contribution in [0.4, 0.5) is 4.39 Å². The van der Waals surface area contributed by atoms with Gasteiger partial charge in [0.25, 0.3) is 5.91 Å². The van der Waals surface area contributed by atoms with Crippen molar-refractivity contribution in [3.63, 3.8) is 0 Å². The fraction of sp³-hybridized carbons (Fsp3) is 0.0526. The van der Waals surface area contributed by atoms with E-state index in [4.69, 9.17) is 10.5 Å². The summed E-state index contributed by atoms with van der Waals surface area (Å²) in [6, 6.07) is 12.6. The summed E-state index contributed by atoms with van der Waals surface area (Å²) in [4.78, 5) is 35.5. The molecular formula is C19H14FN5O3. The number of nitrogens with two attached hydrogens (primary N) is 1. The molecule has 0 aliphatic heterocycles. The molecular weight excluding hydrogens is 365 g/mol. The van der Waals surface area contributed by atoms with Crippen LogP contribution >= 0.6 is 0 Å². The van der Waals surface area contributed by atoms with E-state index in [2.05, 4.69) is 15.0 Å². The van der Waals surface area contributed by atoms with Gasteiger partial charge in [-0.3, -0.25) is 4.79 Å². The highest BCUT2D eigenvalue weighted by Gasteiger charge is 2.21. The molecule has 0 fully saturated rings. The summed E-state index contributed by atoms with van der Waals surface area (Å²) in [5, 5.41) is 0. The van der Waals surface area contributed by atoms with Gasteiger partial charge in [0.05, 0.1) is 18.4 Å². The second kappa shape index (κ2) is 6.62. The molecule has 0 saturated carbocycles. The number of carbonyl (C=O) groups is 1. The predicted octanol–water partition coefficient (Wildman–Crippen LogP) is 2.02. The Morgan fingerprint density at radius 1 is 1.18 bits per heavy atom. The molecule has 0 atom stereocenters. The number of benzene rings is 2. The molecule has 0 aliphatic carbocycles. The van der Waals surface area contributed by atoms with Crippen LogP contribution in [0.2, 0.25) is 0 Å². The van der Waals surface area contributed by atoms with E-state index in [1.165, 1.54) is 29.9 Å². The fourth-order valence-electron chi connectivity index (χ4n) is 2.92. The average Bonchev–Trinajstić information content (AvgIpc) is 3.03. The van der Waals surface area contributed by atoms with Crippen molar-refractivity contribution in [3.05, 3.63) is 70.5 Å². The standard InChI is InChI=1S/C19H14FN5O3/c1-28-11-6-4-5-10(9-11)25-18-15(23-19(25)27)14(16(21)26)22-17(24-18)12-7-2-3-8-13(12)20/h2-9H,1H3,(H2,21,26)(H,23,27). The van der Waals surface area contributed by atoms with Crippen molar-refractivity contribution in [3.8, 4) is 22.8 Å². The fourth-order valence-corrected chi connectivity index (χ4v) is 2.92. The number of methoxy groups -OCH3 is 1. The van der Waals surface area contributed by atoms with Crippen LogP contribution in [0, 0.1) is 5.82 Å². The zero-order valence-corrected chi connectivity index (χ0v) is 14.6. The minimum Gasteiger partial charge on any atom is -0.497 e. The Bertz CT molecular complexity index is 1280. The number of ether oxygens (including phenoxy) is 1. The van der Waals surface area contributed by atoms with Gasteiger partial charge in [0, 0.05) is 6.07 Å². The van der Waals surface area contributed by atoms with Gasteiger partial charge in [-0.2, -0.15) is 0 Å². The van der Waals surface area contributed by atoms with Crippen LogP contribution in [0.5, 0.6) is 5.75 Å². The molecule has 2 aromatic heterocycles. The van der Waals surface area contributed by atoms with E-state index >= 15 is 0 Å². The molecule has 140 valence electrons. The lowest BCUT2D eigenvalue weighted by Crippen LogP contribution is -2.15. The minimum absolute atomic E-state index is 0.0601. The first-order valence-electron chi connectivity index (χ1n) is 8.21. The van der Waals surface area contributed by atoms with Crippen molar-refractivity contribution in [1.29, 1.82) is 0 Å². The number of amides is 1. The third-order valence-electron chi connectivity index (χ3n) is 4.20. The van der Waals surface area contributed by atoms with Crippen LogP contribution in [0.3, 0.4) is 0 Å². The smallest absolute Gasteiger partial charge is 0.332 e. The number of nitrogens with one attached hydrogen (secondary N) is 1. The van der Waals surface area contributed by atoms with E-state index in [1.807, 2.05) is 0 Å². The third kappa shape index (κ3) is 2.78. The first-order valence-corrected chi connectivity index (χ1v) is 8.21. The summed E-state index contributed by atoms with van der Waals surface area (Å²) in [6.45, 7) is 0. The van der Waals surface area contributed by atoms with Crippen LogP contribution in [-0.2, 0) is 0 Å². The lowest BCUT2D eigenvalue weighted by Gasteiger charge is -2.08. The normalized spacial score (nSPS) is 10.9. The topological polar surface area (TPSA) is 116 Å². The van der Waals surface area contributed by atoms with Crippen molar-refractivity contribution in [1.82, 2.24) is 19.5 Å². The molecule has 3 N–H and O–H groups in total. The zero-order chi connectivity index (χ0) is 19.8. The number of halogens is 1. The van der Waals surface area contributed by atoms with Gasteiger partial charge in [0.2, 0.25) is 0 Å². The summed E-state index contributed by atoms with van der Waals surface area (Å²) in [6.07, 6.45) is 0. The Morgan fingerprint density at radius 3 is 2.68 bits per heavy atom. The number of imidazole rings is 1. The van der Waals surface area contributed by atoms with E-state index in [0.717, 1.165) is 0 Å². The summed E-state index contributed by atoms with van der Waals surface area (Å²) < 4.78 is 20.7. The number of hydrogen-bond acceptors (Lipinski definition) is 5. The molecule has 0 bridgehead atoms. The van der Waals surface area contributed by atoms with Crippen molar-refractivity contribution >= 4 is 17.1 Å². The predicted molar refractivity (Wildman–Crippen MR) is 99.9 cm³/mol. The van der Waals surface area contributed by atoms with Crippen molar-refractivity contribution in [2.24, 2.45) is 5.73 Å². The van der Waals surface area contributed by atoms with E-state index in [0.29, 0.717) is 11.4 Å². The SMILES string of the molecule is COc1cccc(-n2c(=O)[nH]c3c(C(N)=O)nc(-c4ccccc4F)nc32)c1. The van der Waals surface area contributed by atoms with Crippen LogP contribution in [0.15, 0.2) is 53.3 Å². The number of primary amides is 1. The van der Waals surface area contributed by atoms with Crippen molar-refractivity contribution in [2.75, 3.05) is 7.11 Å². The van der Waals surface area contributed by atoms with Gasteiger partial charge in [-0.05, 0) is 24.3 Å². The molecule has 2 aromatic carbocycles. The minimum atomic E-state index is -0.871. The molecule has 4 rings (SSSR count). The van der Waals surface area contributed by atoms with Gasteiger partial charge < -0.3 is 15.5 Å². The van der Waals surface area contributed by atoms with Gasteiger partial charge in [0.15, 0.2) is 17.2 Å². The molecule has 4 aromatic rings. The average molecular weight is 379 g/mol. The van der Waals surface area contributed by atoms with Crippen molar-refractivity contribution in [2.45, 2.75) is 0 Å². The molecule has 9 heteroatoms. The molecule has 1 amide bonds. The number of H-pyrrole nitrogens is 1. The van der Waals surface area contributed by atoms with E-state index < -0.39 is 17.4 Å². The van der Waals surface area contributed by atoms with Crippen LogP contribution in [-0.4, -0.2) is 32.5 Å². The zero-order valence-electron chi connectivity index (χ0n) is 14.6. The van der Waals surface area contributed by atoms with Crippen LogP contribution in [0.25, 0.3) is 28.2 Å². The van der Waals surface area contributed by atoms with Crippen molar-refractivity contribution < 1.29 is 13.9 Å². The largest absolute Gasteiger partial charge is 0.497 e. The first kappa shape index (κ1) is 17.4. The number of nitrogens with zero attached hydrogens (tertiary/aromatic N) is 3. The Balaban J connectivity index is 2.07. The Hall–Kier alpha value is -4.01. The summed E-state index contributed by atoms with van der Waals surface area (Å²) >= 11 is 0. The molecule has 0 radical (unpaired) electrons. The monoisotopic (exact) mass is 379 g/mol. The highest BCUT2D eigenvalue weighted by atomic mass is 19.1. The molecule has 0 unspecified atom stereocenters. The summed E-state index contributed by atoms with van der Waals surface area (Å²) in [7, 11) is 1.50. The van der Waals surface area contributed by atoms with Crippen LogP contribution < -0.4 is 16.2 Å². The molecule has 28 heavy (non-hydrogen) atoms. The maximum absolute atomic E-state index is 14.2.